The van der Waals surface area contributed by atoms with Crippen LogP contribution < -0.4 is 10.1 Å². The van der Waals surface area contributed by atoms with Crippen LogP contribution in [-0.4, -0.2) is 42.5 Å². The highest BCUT2D eigenvalue weighted by atomic mass is 16.5. The van der Waals surface area contributed by atoms with Gasteiger partial charge < -0.3 is 15.0 Å². The maximum Gasteiger partial charge on any atom is 0.225 e. The number of benzene rings is 2. The molecule has 0 bridgehead atoms. The Bertz CT molecular complexity index is 800. The smallest absolute Gasteiger partial charge is 0.225 e. The minimum atomic E-state index is -0.214. The highest BCUT2D eigenvalue weighted by molar-refractivity contribution is 5.89. The first kappa shape index (κ1) is 15.9. The average molecular weight is 338 g/mol. The van der Waals surface area contributed by atoms with E-state index in [1.807, 2.05) is 41.3 Å². The summed E-state index contributed by atoms with van der Waals surface area (Å²) in [6.07, 6.45) is 2.51. The standard InChI is InChI=1S/C20H22N2O3/c23-19-12-16(13-22(19)17-6-7-17)20(24)21-9-10-25-18-8-5-14-3-1-2-4-15(14)11-18/h1-5,8,11,16-17H,6-7,9-10,12-13H2,(H,21,24). The summed E-state index contributed by atoms with van der Waals surface area (Å²) in [5.41, 5.74) is 0. The van der Waals surface area contributed by atoms with E-state index in [2.05, 4.69) is 11.4 Å². The lowest BCUT2D eigenvalue weighted by Gasteiger charge is -2.15. The van der Waals surface area contributed by atoms with Gasteiger partial charge >= 0.3 is 0 Å². The Morgan fingerprint density at radius 2 is 1.96 bits per heavy atom. The van der Waals surface area contributed by atoms with E-state index >= 15 is 0 Å². The number of carbonyl (C=O) groups is 2. The zero-order chi connectivity index (χ0) is 17.2. The van der Waals surface area contributed by atoms with Gasteiger partial charge in [-0.1, -0.05) is 30.3 Å². The third-order valence-electron chi connectivity index (χ3n) is 4.91. The fraction of sp³-hybridized carbons (Fsp3) is 0.400. The number of hydrogen-bond donors (Lipinski definition) is 1. The molecule has 2 fully saturated rings. The molecule has 130 valence electrons. The predicted molar refractivity (Wildman–Crippen MR) is 95.3 cm³/mol. The lowest BCUT2D eigenvalue weighted by atomic mass is 10.1. The summed E-state index contributed by atoms with van der Waals surface area (Å²) in [4.78, 5) is 26.0. The Kier molecular flexibility index (Phi) is 4.30. The molecule has 4 rings (SSSR count). The van der Waals surface area contributed by atoms with Crippen LogP contribution in [0.5, 0.6) is 5.75 Å². The molecule has 5 nitrogen and oxygen atoms in total. The monoisotopic (exact) mass is 338 g/mol. The molecule has 2 aromatic rings. The summed E-state index contributed by atoms with van der Waals surface area (Å²) in [5, 5.41) is 5.20. The van der Waals surface area contributed by atoms with E-state index in [0.717, 1.165) is 24.0 Å². The average Bonchev–Trinajstić information content (AvgIpc) is 3.40. The molecule has 1 N–H and O–H groups in total. The number of fused-ring (bicyclic) bond motifs is 1. The SMILES string of the molecule is O=C(NCCOc1ccc2ccccc2c1)C1CC(=O)N(C2CC2)C1. The van der Waals surface area contributed by atoms with Crippen molar-refractivity contribution in [1.82, 2.24) is 10.2 Å². The normalized spacial score (nSPS) is 20.1. The lowest BCUT2D eigenvalue weighted by Crippen LogP contribution is -2.35. The first-order valence-corrected chi connectivity index (χ1v) is 8.89. The third kappa shape index (κ3) is 3.60. The van der Waals surface area contributed by atoms with Crippen molar-refractivity contribution in [1.29, 1.82) is 0 Å². The van der Waals surface area contributed by atoms with Crippen LogP contribution in [0.25, 0.3) is 10.8 Å². The number of nitrogens with one attached hydrogen (secondary N) is 1. The molecule has 0 aromatic heterocycles. The second-order valence-corrected chi connectivity index (χ2v) is 6.83. The largest absolute Gasteiger partial charge is 0.492 e. The number of carbonyl (C=O) groups excluding carboxylic acids is 2. The van der Waals surface area contributed by atoms with Crippen LogP contribution in [0.2, 0.25) is 0 Å². The number of amides is 2. The maximum absolute atomic E-state index is 12.2. The zero-order valence-corrected chi connectivity index (χ0v) is 14.1. The molecule has 2 amide bonds. The molecule has 1 aliphatic heterocycles. The van der Waals surface area contributed by atoms with Crippen molar-refractivity contribution in [2.24, 2.45) is 5.92 Å². The molecule has 1 atom stereocenters. The molecular formula is C20H22N2O3. The van der Waals surface area contributed by atoms with Crippen LogP contribution >= 0.6 is 0 Å². The van der Waals surface area contributed by atoms with Gasteiger partial charge in [-0.25, -0.2) is 0 Å². The summed E-state index contributed by atoms with van der Waals surface area (Å²) >= 11 is 0. The number of ether oxygens (including phenoxy) is 1. The van der Waals surface area contributed by atoms with Gasteiger partial charge in [-0.05, 0) is 35.7 Å². The fourth-order valence-electron chi connectivity index (χ4n) is 3.39. The Morgan fingerprint density at radius 1 is 1.16 bits per heavy atom. The van der Waals surface area contributed by atoms with E-state index in [0.29, 0.717) is 32.2 Å². The van der Waals surface area contributed by atoms with E-state index in [1.165, 1.54) is 5.39 Å². The lowest BCUT2D eigenvalue weighted by molar-refractivity contribution is -0.129. The Labute approximate surface area is 146 Å². The van der Waals surface area contributed by atoms with Crippen LogP contribution in [0.4, 0.5) is 0 Å². The van der Waals surface area contributed by atoms with Crippen LogP contribution in [0.3, 0.4) is 0 Å². The third-order valence-corrected chi connectivity index (χ3v) is 4.91. The molecule has 1 saturated carbocycles. The van der Waals surface area contributed by atoms with E-state index in [-0.39, 0.29) is 17.7 Å². The van der Waals surface area contributed by atoms with E-state index in [9.17, 15) is 9.59 Å². The van der Waals surface area contributed by atoms with Gasteiger partial charge in [-0.2, -0.15) is 0 Å². The van der Waals surface area contributed by atoms with Crippen molar-refractivity contribution in [3.8, 4) is 5.75 Å². The number of likely N-dealkylation sites (tertiary alicyclic amines) is 1. The number of hydrogen-bond acceptors (Lipinski definition) is 3. The summed E-state index contributed by atoms with van der Waals surface area (Å²) in [6, 6.07) is 14.5. The molecule has 0 spiro atoms. The van der Waals surface area contributed by atoms with Crippen LogP contribution in [0.15, 0.2) is 42.5 Å². The van der Waals surface area contributed by atoms with Crippen molar-refractivity contribution in [3.63, 3.8) is 0 Å². The van der Waals surface area contributed by atoms with E-state index in [4.69, 9.17) is 4.74 Å². The van der Waals surface area contributed by atoms with Gasteiger partial charge in [0.25, 0.3) is 0 Å². The predicted octanol–water partition coefficient (Wildman–Crippen LogP) is 2.35. The van der Waals surface area contributed by atoms with Crippen LogP contribution in [-0.2, 0) is 9.59 Å². The first-order chi connectivity index (χ1) is 12.2. The Balaban J connectivity index is 1.23. The summed E-state index contributed by atoms with van der Waals surface area (Å²) < 4.78 is 5.73. The minimum absolute atomic E-state index is 0.0430. The second kappa shape index (κ2) is 6.75. The van der Waals surface area contributed by atoms with E-state index < -0.39 is 0 Å². The molecule has 0 radical (unpaired) electrons. The van der Waals surface area contributed by atoms with Crippen LogP contribution in [0.1, 0.15) is 19.3 Å². The van der Waals surface area contributed by atoms with Gasteiger partial charge in [0, 0.05) is 19.0 Å². The molecule has 5 heteroatoms. The van der Waals surface area contributed by atoms with Gasteiger partial charge in [0.2, 0.25) is 11.8 Å². The molecule has 1 aliphatic carbocycles. The summed E-state index contributed by atoms with van der Waals surface area (Å²) in [7, 11) is 0. The zero-order valence-electron chi connectivity index (χ0n) is 14.1. The quantitative estimate of drug-likeness (QED) is 0.823. The van der Waals surface area contributed by atoms with E-state index in [1.54, 1.807) is 0 Å². The Morgan fingerprint density at radius 3 is 2.76 bits per heavy atom. The molecule has 1 heterocycles. The van der Waals surface area contributed by atoms with Crippen molar-refractivity contribution >= 4 is 22.6 Å². The van der Waals surface area contributed by atoms with Gasteiger partial charge in [-0.15, -0.1) is 0 Å². The highest BCUT2D eigenvalue weighted by Crippen LogP contribution is 2.32. The number of nitrogens with zero attached hydrogens (tertiary/aromatic N) is 1. The maximum atomic E-state index is 12.2. The van der Waals surface area contributed by atoms with Gasteiger partial charge in [0.05, 0.1) is 12.5 Å². The van der Waals surface area contributed by atoms with Crippen LogP contribution in [0, 0.1) is 5.92 Å². The molecule has 2 aromatic carbocycles. The summed E-state index contributed by atoms with van der Waals surface area (Å²) in [5.74, 6) is 0.659. The minimum Gasteiger partial charge on any atom is -0.492 e. The molecule has 2 aliphatic rings. The summed E-state index contributed by atoms with van der Waals surface area (Å²) in [6.45, 7) is 1.43. The second-order valence-electron chi connectivity index (χ2n) is 6.83. The highest BCUT2D eigenvalue weighted by Gasteiger charge is 2.41. The van der Waals surface area contributed by atoms with Crippen molar-refractivity contribution in [3.05, 3.63) is 42.5 Å². The topological polar surface area (TPSA) is 58.6 Å². The molecule has 1 saturated heterocycles. The van der Waals surface area contributed by atoms with Gasteiger partial charge in [0.1, 0.15) is 12.4 Å². The van der Waals surface area contributed by atoms with Gasteiger partial charge in [0.15, 0.2) is 0 Å². The first-order valence-electron chi connectivity index (χ1n) is 8.89. The Hall–Kier alpha value is -2.56. The van der Waals surface area contributed by atoms with Crippen molar-refractivity contribution < 1.29 is 14.3 Å². The molecule has 25 heavy (non-hydrogen) atoms. The van der Waals surface area contributed by atoms with Crippen molar-refractivity contribution in [2.75, 3.05) is 19.7 Å². The number of rotatable bonds is 6. The molecule has 1 unspecified atom stereocenters. The van der Waals surface area contributed by atoms with Crippen molar-refractivity contribution in [2.45, 2.75) is 25.3 Å². The molecular weight excluding hydrogens is 316 g/mol. The fourth-order valence-corrected chi connectivity index (χ4v) is 3.39. The van der Waals surface area contributed by atoms with Gasteiger partial charge in [-0.3, -0.25) is 9.59 Å².